The van der Waals surface area contributed by atoms with Gasteiger partial charge in [-0.3, -0.25) is 0 Å². The van der Waals surface area contributed by atoms with E-state index >= 15 is 0 Å². The van der Waals surface area contributed by atoms with Crippen molar-refractivity contribution in [2.45, 2.75) is 13.0 Å². The van der Waals surface area contributed by atoms with Gasteiger partial charge < -0.3 is 4.74 Å². The van der Waals surface area contributed by atoms with Crippen LogP contribution in [0.5, 0.6) is 0 Å². The molecule has 0 radical (unpaired) electrons. The van der Waals surface area contributed by atoms with Gasteiger partial charge in [0.15, 0.2) is 6.10 Å². The smallest absolute Gasteiger partial charge is 0.342 e. The molecular formula is C10H7Cl2NO2. The summed E-state index contributed by atoms with van der Waals surface area (Å²) in [7, 11) is 0. The van der Waals surface area contributed by atoms with E-state index in [-0.39, 0.29) is 15.6 Å². The Balaban J connectivity index is 2.97. The molecule has 0 N–H and O–H groups in total. The molecule has 3 nitrogen and oxygen atoms in total. The highest BCUT2D eigenvalue weighted by atomic mass is 35.5. The second-order valence-electron chi connectivity index (χ2n) is 2.77. The maximum Gasteiger partial charge on any atom is 0.342 e. The van der Waals surface area contributed by atoms with Crippen LogP contribution >= 0.6 is 23.2 Å². The van der Waals surface area contributed by atoms with E-state index in [9.17, 15) is 4.79 Å². The third-order valence-corrected chi connectivity index (χ3v) is 2.26. The number of carbonyl (C=O) groups is 1. The average Bonchev–Trinajstić information content (AvgIpc) is 2.17. The quantitative estimate of drug-likeness (QED) is 0.751. The summed E-state index contributed by atoms with van der Waals surface area (Å²) in [6.45, 7) is 1.46. The van der Waals surface area contributed by atoms with Gasteiger partial charge in [0.1, 0.15) is 6.07 Å². The van der Waals surface area contributed by atoms with Gasteiger partial charge >= 0.3 is 5.97 Å². The van der Waals surface area contributed by atoms with Gasteiger partial charge in [0.25, 0.3) is 0 Å². The molecule has 0 spiro atoms. The Morgan fingerprint density at radius 2 is 2.00 bits per heavy atom. The lowest BCUT2D eigenvalue weighted by molar-refractivity contribution is 0.0436. The third-order valence-electron chi connectivity index (χ3n) is 1.63. The van der Waals surface area contributed by atoms with Crippen molar-refractivity contribution < 1.29 is 9.53 Å². The Morgan fingerprint density at radius 1 is 1.47 bits per heavy atom. The molecule has 0 bridgehead atoms. The highest BCUT2D eigenvalue weighted by molar-refractivity contribution is 6.39. The van der Waals surface area contributed by atoms with Gasteiger partial charge in [-0.2, -0.15) is 5.26 Å². The van der Waals surface area contributed by atoms with Crippen LogP contribution in [0.1, 0.15) is 17.3 Å². The summed E-state index contributed by atoms with van der Waals surface area (Å²) in [5.41, 5.74) is 0.0860. The van der Waals surface area contributed by atoms with Gasteiger partial charge in [-0.05, 0) is 19.1 Å². The van der Waals surface area contributed by atoms with E-state index in [4.69, 9.17) is 33.2 Å². The van der Waals surface area contributed by atoms with Crippen LogP contribution in [0.4, 0.5) is 0 Å². The van der Waals surface area contributed by atoms with Crippen molar-refractivity contribution in [2.75, 3.05) is 0 Å². The minimum Gasteiger partial charge on any atom is -0.444 e. The molecule has 0 amide bonds. The van der Waals surface area contributed by atoms with Crippen molar-refractivity contribution >= 4 is 29.2 Å². The first kappa shape index (κ1) is 11.8. The van der Waals surface area contributed by atoms with E-state index in [1.165, 1.54) is 19.1 Å². The Labute approximate surface area is 97.2 Å². The Hall–Kier alpha value is -1.24. The Kier molecular flexibility index (Phi) is 3.96. The number of nitrogens with zero attached hydrogens (tertiary/aromatic N) is 1. The molecule has 1 atom stereocenters. The fourth-order valence-electron chi connectivity index (χ4n) is 0.939. The minimum absolute atomic E-state index is 0.0860. The molecule has 0 fully saturated rings. The van der Waals surface area contributed by atoms with Crippen LogP contribution < -0.4 is 0 Å². The van der Waals surface area contributed by atoms with Crippen molar-refractivity contribution in [3.63, 3.8) is 0 Å². The number of esters is 1. The SMILES string of the molecule is CC(C#N)OC(=O)c1c(Cl)cccc1Cl. The van der Waals surface area contributed by atoms with Crippen LogP contribution in [0.25, 0.3) is 0 Å². The average molecular weight is 244 g/mol. The molecule has 1 rings (SSSR count). The topological polar surface area (TPSA) is 50.1 Å². The molecule has 0 aliphatic carbocycles. The van der Waals surface area contributed by atoms with E-state index in [1.807, 2.05) is 0 Å². The van der Waals surface area contributed by atoms with Gasteiger partial charge in [0.05, 0.1) is 15.6 Å². The number of carbonyl (C=O) groups excluding carboxylic acids is 1. The predicted molar refractivity (Wildman–Crippen MR) is 57.0 cm³/mol. The molecule has 78 valence electrons. The first-order valence-corrected chi connectivity index (χ1v) is 4.86. The lowest BCUT2D eigenvalue weighted by atomic mass is 10.2. The van der Waals surface area contributed by atoms with Crippen molar-refractivity contribution in [1.29, 1.82) is 5.26 Å². The van der Waals surface area contributed by atoms with E-state index < -0.39 is 12.1 Å². The summed E-state index contributed by atoms with van der Waals surface area (Å²) in [4.78, 5) is 11.5. The van der Waals surface area contributed by atoms with Crippen LogP contribution in [-0.2, 0) is 4.74 Å². The number of benzene rings is 1. The zero-order chi connectivity index (χ0) is 11.4. The van der Waals surface area contributed by atoms with Crippen molar-refractivity contribution in [1.82, 2.24) is 0 Å². The summed E-state index contributed by atoms with van der Waals surface area (Å²) in [5.74, 6) is -0.695. The van der Waals surface area contributed by atoms with Crippen LogP contribution in [0.3, 0.4) is 0 Å². The van der Waals surface area contributed by atoms with Crippen LogP contribution in [-0.4, -0.2) is 12.1 Å². The van der Waals surface area contributed by atoms with Gasteiger partial charge in [-0.1, -0.05) is 29.3 Å². The van der Waals surface area contributed by atoms with Crippen molar-refractivity contribution in [3.8, 4) is 6.07 Å². The normalized spacial score (nSPS) is 11.6. The number of hydrogen-bond donors (Lipinski definition) is 0. The fourth-order valence-corrected chi connectivity index (χ4v) is 1.49. The zero-order valence-corrected chi connectivity index (χ0v) is 9.34. The summed E-state index contributed by atoms with van der Waals surface area (Å²) in [6.07, 6.45) is -0.829. The van der Waals surface area contributed by atoms with E-state index in [0.717, 1.165) is 0 Å². The Bertz CT molecular complexity index is 406. The predicted octanol–water partition coefficient (Wildman–Crippen LogP) is 3.06. The molecule has 1 unspecified atom stereocenters. The zero-order valence-electron chi connectivity index (χ0n) is 7.83. The fraction of sp³-hybridized carbons (Fsp3) is 0.200. The molecule has 1 aromatic rings. The van der Waals surface area contributed by atoms with E-state index in [2.05, 4.69) is 0 Å². The number of rotatable bonds is 2. The maximum absolute atomic E-state index is 11.5. The summed E-state index contributed by atoms with van der Waals surface area (Å²) >= 11 is 11.6. The second kappa shape index (κ2) is 5.01. The molecule has 0 aliphatic heterocycles. The number of hydrogen-bond acceptors (Lipinski definition) is 3. The van der Waals surface area contributed by atoms with Gasteiger partial charge in [-0.15, -0.1) is 0 Å². The standard InChI is InChI=1S/C10H7Cl2NO2/c1-6(5-13)15-10(14)9-7(11)3-2-4-8(9)12/h2-4,6H,1H3. The largest absolute Gasteiger partial charge is 0.444 e. The number of halogens is 2. The van der Waals surface area contributed by atoms with Gasteiger partial charge in [-0.25, -0.2) is 4.79 Å². The molecule has 0 heterocycles. The second-order valence-corrected chi connectivity index (χ2v) is 3.59. The molecule has 0 aromatic heterocycles. The van der Waals surface area contributed by atoms with Crippen LogP contribution in [0, 0.1) is 11.3 Å². The molecular weight excluding hydrogens is 237 g/mol. The van der Waals surface area contributed by atoms with E-state index in [1.54, 1.807) is 12.1 Å². The highest BCUT2D eigenvalue weighted by Crippen LogP contribution is 2.25. The Morgan fingerprint density at radius 3 is 2.47 bits per heavy atom. The van der Waals surface area contributed by atoms with Crippen LogP contribution in [0.15, 0.2) is 18.2 Å². The molecule has 0 saturated heterocycles. The lowest BCUT2D eigenvalue weighted by Crippen LogP contribution is -2.13. The molecule has 0 aliphatic rings. The van der Waals surface area contributed by atoms with E-state index in [0.29, 0.717) is 0 Å². The summed E-state index contributed by atoms with van der Waals surface area (Å²) in [6, 6.07) is 6.45. The minimum atomic E-state index is -0.829. The number of ether oxygens (including phenoxy) is 1. The molecule has 15 heavy (non-hydrogen) atoms. The summed E-state index contributed by atoms with van der Waals surface area (Å²) < 4.78 is 4.78. The molecule has 0 saturated carbocycles. The lowest BCUT2D eigenvalue weighted by Gasteiger charge is -2.08. The van der Waals surface area contributed by atoms with Gasteiger partial charge in [0, 0.05) is 0 Å². The van der Waals surface area contributed by atoms with Crippen molar-refractivity contribution in [2.24, 2.45) is 0 Å². The van der Waals surface area contributed by atoms with Gasteiger partial charge in [0.2, 0.25) is 0 Å². The monoisotopic (exact) mass is 243 g/mol. The number of nitriles is 1. The maximum atomic E-state index is 11.5. The molecule has 1 aromatic carbocycles. The summed E-state index contributed by atoms with van der Waals surface area (Å²) in [5, 5.41) is 8.89. The first-order valence-electron chi connectivity index (χ1n) is 4.11. The first-order chi connectivity index (χ1) is 7.06. The third kappa shape index (κ3) is 2.85. The molecule has 5 heteroatoms. The van der Waals surface area contributed by atoms with Crippen LogP contribution in [0.2, 0.25) is 10.0 Å². The van der Waals surface area contributed by atoms with Crippen molar-refractivity contribution in [3.05, 3.63) is 33.8 Å². The highest BCUT2D eigenvalue weighted by Gasteiger charge is 2.17.